The van der Waals surface area contributed by atoms with Crippen LogP contribution < -0.4 is 10.6 Å². The number of benzene rings is 1. The van der Waals surface area contributed by atoms with Gasteiger partial charge in [-0.25, -0.2) is 9.97 Å². The van der Waals surface area contributed by atoms with Crippen LogP contribution in [0.2, 0.25) is 0 Å². The van der Waals surface area contributed by atoms with Crippen LogP contribution in [-0.2, 0) is 13.1 Å². The average Bonchev–Trinajstić information content (AvgIpc) is 3.34. The van der Waals surface area contributed by atoms with E-state index < -0.39 is 0 Å². The summed E-state index contributed by atoms with van der Waals surface area (Å²) in [6, 6.07) is 14.0. The van der Waals surface area contributed by atoms with Crippen molar-refractivity contribution in [1.29, 1.82) is 0 Å². The number of pyridine rings is 2. The first-order valence-corrected chi connectivity index (χ1v) is 10.3. The van der Waals surface area contributed by atoms with Crippen LogP contribution in [0.3, 0.4) is 0 Å². The van der Waals surface area contributed by atoms with Gasteiger partial charge in [0.1, 0.15) is 11.5 Å². The molecule has 4 heterocycles. The minimum atomic E-state index is -0.0752. The normalized spacial score (nSPS) is 13.0. The third-order valence-electron chi connectivity index (χ3n) is 5.52. The fourth-order valence-corrected chi connectivity index (χ4v) is 4.14. The fourth-order valence-electron chi connectivity index (χ4n) is 4.14. The van der Waals surface area contributed by atoms with Crippen LogP contribution in [0.5, 0.6) is 0 Å². The van der Waals surface area contributed by atoms with E-state index in [1.54, 1.807) is 0 Å². The van der Waals surface area contributed by atoms with Crippen LogP contribution in [0.15, 0.2) is 54.9 Å². The van der Waals surface area contributed by atoms with E-state index in [-0.39, 0.29) is 5.91 Å². The summed E-state index contributed by atoms with van der Waals surface area (Å²) >= 11 is 0. The molecule has 31 heavy (non-hydrogen) atoms. The molecule has 156 valence electrons. The number of rotatable bonds is 5. The molecule has 0 unspecified atom stereocenters. The molecule has 2 N–H and O–H groups in total. The van der Waals surface area contributed by atoms with Gasteiger partial charge in [-0.3, -0.25) is 9.20 Å². The lowest BCUT2D eigenvalue weighted by molar-refractivity contribution is 0.0966. The van der Waals surface area contributed by atoms with Gasteiger partial charge in [-0.05, 0) is 56.4 Å². The zero-order valence-corrected chi connectivity index (χ0v) is 17.8. The number of nitrogens with one attached hydrogen (secondary N) is 2. The van der Waals surface area contributed by atoms with E-state index in [0.717, 1.165) is 51.8 Å². The van der Waals surface area contributed by atoms with Crippen LogP contribution in [0.25, 0.3) is 16.9 Å². The van der Waals surface area contributed by atoms with Gasteiger partial charge in [0.25, 0.3) is 5.91 Å². The number of anilines is 2. The predicted molar refractivity (Wildman–Crippen MR) is 121 cm³/mol. The zero-order valence-electron chi connectivity index (χ0n) is 17.8. The molecule has 0 radical (unpaired) electrons. The Hall–Kier alpha value is -3.71. The SMILES string of the molecule is Cc1cccn2c(-c3ccc(Nc4cccc(CN(C)C)n4)c4c3CNC4=O)cnc12. The van der Waals surface area contributed by atoms with Crippen molar-refractivity contribution in [2.45, 2.75) is 20.0 Å². The van der Waals surface area contributed by atoms with Crippen molar-refractivity contribution in [2.75, 3.05) is 19.4 Å². The van der Waals surface area contributed by atoms with Crippen molar-refractivity contribution in [2.24, 2.45) is 0 Å². The van der Waals surface area contributed by atoms with E-state index in [0.29, 0.717) is 12.1 Å². The van der Waals surface area contributed by atoms with Gasteiger partial charge in [-0.1, -0.05) is 18.2 Å². The maximum absolute atomic E-state index is 12.7. The van der Waals surface area contributed by atoms with Crippen LogP contribution in [-0.4, -0.2) is 39.3 Å². The summed E-state index contributed by atoms with van der Waals surface area (Å²) in [4.78, 5) is 24.1. The van der Waals surface area contributed by atoms with Gasteiger partial charge < -0.3 is 15.5 Å². The van der Waals surface area contributed by atoms with E-state index in [9.17, 15) is 4.79 Å². The Kier molecular flexibility index (Phi) is 4.67. The Morgan fingerprint density at radius 1 is 1.16 bits per heavy atom. The minimum absolute atomic E-state index is 0.0752. The first kappa shape index (κ1) is 19.3. The summed E-state index contributed by atoms with van der Waals surface area (Å²) in [6.45, 7) is 3.29. The highest BCUT2D eigenvalue weighted by Gasteiger charge is 2.27. The maximum Gasteiger partial charge on any atom is 0.254 e. The van der Waals surface area contributed by atoms with Gasteiger partial charge >= 0.3 is 0 Å². The van der Waals surface area contributed by atoms with Gasteiger partial charge in [0.15, 0.2) is 0 Å². The molecule has 1 aliphatic heterocycles. The Bertz CT molecular complexity index is 1310. The number of imidazole rings is 1. The Morgan fingerprint density at radius 2 is 2.03 bits per heavy atom. The second-order valence-electron chi connectivity index (χ2n) is 8.10. The molecule has 7 heteroatoms. The van der Waals surface area contributed by atoms with Crippen LogP contribution >= 0.6 is 0 Å². The lowest BCUT2D eigenvalue weighted by Crippen LogP contribution is -2.14. The van der Waals surface area contributed by atoms with Crippen molar-refractivity contribution >= 4 is 23.1 Å². The maximum atomic E-state index is 12.7. The molecule has 0 aliphatic carbocycles. The molecule has 4 aromatic rings. The third-order valence-corrected chi connectivity index (χ3v) is 5.52. The highest BCUT2D eigenvalue weighted by Crippen LogP contribution is 2.35. The number of hydrogen-bond acceptors (Lipinski definition) is 5. The number of nitrogens with zero attached hydrogens (tertiary/aromatic N) is 4. The lowest BCUT2D eigenvalue weighted by atomic mass is 9.99. The summed E-state index contributed by atoms with van der Waals surface area (Å²) in [7, 11) is 4.03. The van der Waals surface area contributed by atoms with Gasteiger partial charge in [0.05, 0.1) is 28.8 Å². The summed E-state index contributed by atoms with van der Waals surface area (Å²) < 4.78 is 2.08. The van der Waals surface area contributed by atoms with E-state index in [1.165, 1.54) is 0 Å². The quantitative estimate of drug-likeness (QED) is 0.522. The van der Waals surface area contributed by atoms with Crippen LogP contribution in [0.4, 0.5) is 11.5 Å². The molecule has 0 saturated carbocycles. The zero-order chi connectivity index (χ0) is 21.5. The number of aryl methyl sites for hydroxylation is 1. The predicted octanol–water partition coefficient (Wildman–Crippen LogP) is 3.75. The van der Waals surface area contributed by atoms with Gasteiger partial charge in [-0.15, -0.1) is 0 Å². The van der Waals surface area contributed by atoms with Gasteiger partial charge in [0, 0.05) is 24.8 Å². The molecule has 5 rings (SSSR count). The van der Waals surface area contributed by atoms with Crippen molar-refractivity contribution in [3.8, 4) is 11.3 Å². The van der Waals surface area contributed by atoms with Crippen molar-refractivity contribution in [1.82, 2.24) is 24.6 Å². The van der Waals surface area contributed by atoms with E-state index >= 15 is 0 Å². The smallest absolute Gasteiger partial charge is 0.254 e. The summed E-state index contributed by atoms with van der Waals surface area (Å²) in [5, 5.41) is 6.33. The monoisotopic (exact) mass is 412 g/mol. The highest BCUT2D eigenvalue weighted by molar-refractivity contribution is 6.06. The second-order valence-corrected chi connectivity index (χ2v) is 8.10. The van der Waals surface area contributed by atoms with Crippen molar-refractivity contribution in [3.63, 3.8) is 0 Å². The lowest BCUT2D eigenvalue weighted by Gasteiger charge is -2.14. The Labute approximate surface area is 180 Å². The topological polar surface area (TPSA) is 74.6 Å². The van der Waals surface area contributed by atoms with E-state index in [4.69, 9.17) is 0 Å². The standard InChI is InChI=1S/C24H24N6O/c1-15-6-5-11-30-20(13-25-23(15)30)17-9-10-19(22-18(17)12-26-24(22)31)28-21-8-4-7-16(27-21)14-29(2)3/h4-11,13H,12,14H2,1-3H3,(H,26,31)(H,27,28). The average molecular weight is 412 g/mol. The van der Waals surface area contributed by atoms with Crippen molar-refractivity contribution in [3.05, 3.63) is 77.2 Å². The highest BCUT2D eigenvalue weighted by atomic mass is 16.1. The molecular weight excluding hydrogens is 388 g/mol. The molecule has 1 aromatic carbocycles. The van der Waals surface area contributed by atoms with Crippen LogP contribution in [0.1, 0.15) is 27.2 Å². The number of carbonyl (C=O) groups excluding carboxylic acids is 1. The molecule has 0 fully saturated rings. The molecule has 3 aromatic heterocycles. The Morgan fingerprint density at radius 3 is 2.87 bits per heavy atom. The summed E-state index contributed by atoms with van der Waals surface area (Å²) in [6.07, 6.45) is 3.88. The molecule has 0 spiro atoms. The van der Waals surface area contributed by atoms with Crippen LogP contribution in [0, 0.1) is 6.92 Å². The number of carbonyl (C=O) groups is 1. The fraction of sp³-hybridized carbons (Fsp3) is 0.208. The minimum Gasteiger partial charge on any atom is -0.348 e. The molecule has 0 atom stereocenters. The second kappa shape index (κ2) is 7.52. The molecule has 0 bridgehead atoms. The first-order valence-electron chi connectivity index (χ1n) is 10.3. The Balaban J connectivity index is 1.57. The molecule has 7 nitrogen and oxygen atoms in total. The molecule has 1 aliphatic rings. The largest absolute Gasteiger partial charge is 0.348 e. The third kappa shape index (κ3) is 3.43. The number of fused-ring (bicyclic) bond motifs is 2. The summed E-state index contributed by atoms with van der Waals surface area (Å²) in [5.74, 6) is 0.647. The number of aromatic nitrogens is 3. The van der Waals surface area contributed by atoms with E-state index in [2.05, 4.69) is 36.0 Å². The first-order chi connectivity index (χ1) is 15.0. The number of amides is 1. The molecule has 1 amide bonds. The molecule has 0 saturated heterocycles. The summed E-state index contributed by atoms with van der Waals surface area (Å²) in [5.41, 5.74) is 7.38. The van der Waals surface area contributed by atoms with Gasteiger partial charge in [0.2, 0.25) is 0 Å². The molecular formula is C24H24N6O. The van der Waals surface area contributed by atoms with Gasteiger partial charge in [-0.2, -0.15) is 0 Å². The van der Waals surface area contributed by atoms with E-state index in [1.807, 2.05) is 69.8 Å². The van der Waals surface area contributed by atoms with Crippen molar-refractivity contribution < 1.29 is 4.79 Å². The number of hydrogen-bond donors (Lipinski definition) is 2.